The van der Waals surface area contributed by atoms with Crippen molar-refractivity contribution in [2.24, 2.45) is 0 Å². The standard InChI is InChI=1S/C17H24N4O5S.ClH/c1-17(15(22)19-16(23)20-17)13-10-12(4-5-14(13)26-3)27(24,25)21(2)11-6-8-18-9-7-11;/h4-5,10-11,18H,6-9H2,1-3H3,(H2,19,20,22,23);1H. The van der Waals surface area contributed by atoms with Crippen LogP contribution >= 0.6 is 12.4 Å². The number of amides is 3. The Morgan fingerprint density at radius 2 is 1.86 bits per heavy atom. The van der Waals surface area contributed by atoms with E-state index in [2.05, 4.69) is 16.0 Å². The van der Waals surface area contributed by atoms with Crippen LogP contribution in [-0.4, -0.2) is 58.0 Å². The zero-order valence-corrected chi connectivity index (χ0v) is 17.6. The van der Waals surface area contributed by atoms with Crippen LogP contribution in [-0.2, 0) is 20.4 Å². The molecule has 2 fully saturated rings. The van der Waals surface area contributed by atoms with Crippen LogP contribution in [0.5, 0.6) is 5.75 Å². The second-order valence-electron chi connectivity index (χ2n) is 6.90. The molecule has 0 spiro atoms. The first kappa shape index (κ1) is 22.4. The maximum atomic E-state index is 13.1. The lowest BCUT2D eigenvalue weighted by atomic mass is 9.91. The van der Waals surface area contributed by atoms with Gasteiger partial charge < -0.3 is 15.4 Å². The average molecular weight is 433 g/mol. The molecule has 3 amide bonds. The second kappa shape index (κ2) is 8.24. The van der Waals surface area contributed by atoms with E-state index in [-0.39, 0.29) is 28.9 Å². The minimum atomic E-state index is -3.77. The van der Waals surface area contributed by atoms with Gasteiger partial charge in [-0.15, -0.1) is 12.4 Å². The molecule has 0 bridgehead atoms. The summed E-state index contributed by atoms with van der Waals surface area (Å²) in [5.41, 5.74) is -1.13. The summed E-state index contributed by atoms with van der Waals surface area (Å²) < 4.78 is 32.9. The highest BCUT2D eigenvalue weighted by molar-refractivity contribution is 7.89. The van der Waals surface area contributed by atoms with Crippen molar-refractivity contribution in [1.29, 1.82) is 0 Å². The summed E-state index contributed by atoms with van der Waals surface area (Å²) in [7, 11) is -0.775. The Labute approximate surface area is 170 Å². The number of piperidine rings is 1. The third-order valence-electron chi connectivity index (χ3n) is 5.25. The van der Waals surface area contributed by atoms with Crippen molar-refractivity contribution in [3.63, 3.8) is 0 Å². The minimum Gasteiger partial charge on any atom is -0.496 e. The Bertz CT molecular complexity index is 872. The number of methoxy groups -OCH3 is 1. The first-order valence-electron chi connectivity index (χ1n) is 8.71. The predicted molar refractivity (Wildman–Crippen MR) is 105 cm³/mol. The molecule has 0 aliphatic carbocycles. The van der Waals surface area contributed by atoms with Gasteiger partial charge in [0.25, 0.3) is 5.91 Å². The molecule has 1 atom stereocenters. The summed E-state index contributed by atoms with van der Waals surface area (Å²) in [6, 6.07) is 3.63. The normalized spacial score (nSPS) is 23.1. The quantitative estimate of drug-likeness (QED) is 0.585. The van der Waals surface area contributed by atoms with Crippen molar-refractivity contribution >= 4 is 34.4 Å². The topological polar surface area (TPSA) is 117 Å². The molecule has 11 heteroatoms. The van der Waals surface area contributed by atoms with Gasteiger partial charge in [-0.1, -0.05) is 0 Å². The van der Waals surface area contributed by atoms with Crippen molar-refractivity contribution in [2.45, 2.75) is 36.2 Å². The highest BCUT2D eigenvalue weighted by Crippen LogP contribution is 2.35. The summed E-state index contributed by atoms with van der Waals surface area (Å²) in [4.78, 5) is 24.0. The van der Waals surface area contributed by atoms with E-state index < -0.39 is 27.5 Å². The van der Waals surface area contributed by atoms with E-state index in [4.69, 9.17) is 4.74 Å². The summed E-state index contributed by atoms with van der Waals surface area (Å²) >= 11 is 0. The van der Waals surface area contributed by atoms with Gasteiger partial charge in [0.2, 0.25) is 10.0 Å². The molecular formula is C17H25ClN4O5S. The number of benzene rings is 1. The zero-order chi connectivity index (χ0) is 19.8. The number of hydrogen-bond donors (Lipinski definition) is 3. The molecule has 3 N–H and O–H groups in total. The van der Waals surface area contributed by atoms with Crippen molar-refractivity contribution in [3.8, 4) is 5.75 Å². The number of carbonyl (C=O) groups excluding carboxylic acids is 2. The number of nitrogens with zero attached hydrogens (tertiary/aromatic N) is 1. The van der Waals surface area contributed by atoms with Gasteiger partial charge in [-0.3, -0.25) is 10.1 Å². The number of rotatable bonds is 5. The Morgan fingerprint density at radius 1 is 1.21 bits per heavy atom. The smallest absolute Gasteiger partial charge is 0.322 e. The monoisotopic (exact) mass is 432 g/mol. The number of carbonyl (C=O) groups is 2. The van der Waals surface area contributed by atoms with Crippen LogP contribution in [0.3, 0.4) is 0 Å². The van der Waals surface area contributed by atoms with Crippen molar-refractivity contribution in [3.05, 3.63) is 23.8 Å². The third-order valence-corrected chi connectivity index (χ3v) is 7.16. The lowest BCUT2D eigenvalue weighted by molar-refractivity contribution is -0.123. The van der Waals surface area contributed by atoms with E-state index >= 15 is 0 Å². The Hall–Kier alpha value is -1.88. The number of halogens is 1. The van der Waals surface area contributed by atoms with Gasteiger partial charge in [0.1, 0.15) is 11.3 Å². The first-order chi connectivity index (χ1) is 12.7. The first-order valence-corrected chi connectivity index (χ1v) is 10.1. The summed E-state index contributed by atoms with van der Waals surface area (Å²) in [6.45, 7) is 3.04. The number of urea groups is 1. The molecule has 2 aliphatic rings. The van der Waals surface area contributed by atoms with Crippen LogP contribution < -0.4 is 20.7 Å². The van der Waals surface area contributed by atoms with Crippen LogP contribution in [0.25, 0.3) is 0 Å². The highest BCUT2D eigenvalue weighted by Gasteiger charge is 2.46. The van der Waals surface area contributed by atoms with Crippen LogP contribution in [0, 0.1) is 0 Å². The lowest BCUT2D eigenvalue weighted by Crippen LogP contribution is -2.44. The summed E-state index contributed by atoms with van der Waals surface area (Å²) in [5.74, 6) is -0.245. The van der Waals surface area contributed by atoms with Gasteiger partial charge in [-0.2, -0.15) is 4.31 Å². The number of nitrogens with one attached hydrogen (secondary N) is 3. The van der Waals surface area contributed by atoms with E-state index in [0.717, 1.165) is 25.9 Å². The predicted octanol–water partition coefficient (Wildman–Crippen LogP) is 0.544. The molecule has 0 aromatic heterocycles. The van der Waals surface area contributed by atoms with Crippen molar-refractivity contribution in [2.75, 3.05) is 27.2 Å². The van der Waals surface area contributed by atoms with E-state index in [0.29, 0.717) is 5.75 Å². The minimum absolute atomic E-state index is 0. The molecule has 2 saturated heterocycles. The Kier molecular flexibility index (Phi) is 6.59. The maximum Gasteiger partial charge on any atom is 0.322 e. The maximum absolute atomic E-state index is 13.1. The van der Waals surface area contributed by atoms with Crippen LogP contribution in [0.1, 0.15) is 25.3 Å². The van der Waals surface area contributed by atoms with Gasteiger partial charge >= 0.3 is 6.03 Å². The van der Waals surface area contributed by atoms with E-state index in [9.17, 15) is 18.0 Å². The number of sulfonamides is 1. The molecular weight excluding hydrogens is 408 g/mol. The Balaban J connectivity index is 0.00000280. The number of imide groups is 1. The van der Waals surface area contributed by atoms with Gasteiger partial charge in [0.15, 0.2) is 0 Å². The van der Waals surface area contributed by atoms with Crippen LogP contribution in [0.2, 0.25) is 0 Å². The van der Waals surface area contributed by atoms with Crippen LogP contribution in [0.15, 0.2) is 23.1 Å². The van der Waals surface area contributed by atoms with Gasteiger partial charge in [-0.05, 0) is 51.1 Å². The Morgan fingerprint density at radius 3 is 2.39 bits per heavy atom. The molecule has 2 heterocycles. The highest BCUT2D eigenvalue weighted by atomic mass is 35.5. The SMILES string of the molecule is COc1ccc(S(=O)(=O)N(C)C2CCNCC2)cc1C1(C)NC(=O)NC1=O.Cl. The fourth-order valence-electron chi connectivity index (χ4n) is 3.50. The molecule has 0 radical (unpaired) electrons. The van der Waals surface area contributed by atoms with Crippen LogP contribution in [0.4, 0.5) is 4.79 Å². The molecule has 3 rings (SSSR count). The summed E-state index contributed by atoms with van der Waals surface area (Å²) in [6.07, 6.45) is 1.46. The van der Waals surface area contributed by atoms with Gasteiger partial charge in [0, 0.05) is 18.7 Å². The van der Waals surface area contributed by atoms with Gasteiger partial charge in [-0.25, -0.2) is 13.2 Å². The molecule has 156 valence electrons. The van der Waals surface area contributed by atoms with E-state index in [1.165, 1.54) is 36.5 Å². The summed E-state index contributed by atoms with van der Waals surface area (Å²) in [5, 5.41) is 7.94. The molecule has 0 saturated carbocycles. The number of hydrogen-bond acceptors (Lipinski definition) is 6. The molecule has 2 aliphatic heterocycles. The molecule has 1 aromatic carbocycles. The third kappa shape index (κ3) is 3.82. The van der Waals surface area contributed by atoms with E-state index in [1.54, 1.807) is 7.05 Å². The zero-order valence-electron chi connectivity index (χ0n) is 15.9. The van der Waals surface area contributed by atoms with Gasteiger partial charge in [0.05, 0.1) is 12.0 Å². The molecule has 1 aromatic rings. The number of ether oxygens (including phenoxy) is 1. The second-order valence-corrected chi connectivity index (χ2v) is 8.90. The largest absolute Gasteiger partial charge is 0.496 e. The molecule has 1 unspecified atom stereocenters. The molecule has 9 nitrogen and oxygen atoms in total. The van der Waals surface area contributed by atoms with Crippen molar-refractivity contribution in [1.82, 2.24) is 20.3 Å². The van der Waals surface area contributed by atoms with E-state index in [1.807, 2.05) is 0 Å². The fourth-order valence-corrected chi connectivity index (χ4v) is 4.95. The van der Waals surface area contributed by atoms with Crippen molar-refractivity contribution < 1.29 is 22.7 Å². The average Bonchev–Trinajstić information content (AvgIpc) is 2.93. The molecule has 28 heavy (non-hydrogen) atoms. The fraction of sp³-hybridized carbons (Fsp3) is 0.529. The lowest BCUT2D eigenvalue weighted by Gasteiger charge is -2.31.